The van der Waals surface area contributed by atoms with Crippen molar-refractivity contribution >= 4 is 5.91 Å². The van der Waals surface area contributed by atoms with E-state index in [1.807, 2.05) is 14.0 Å². The van der Waals surface area contributed by atoms with Crippen molar-refractivity contribution < 1.29 is 4.79 Å². The molecule has 4 nitrogen and oxygen atoms in total. The van der Waals surface area contributed by atoms with E-state index < -0.39 is 0 Å². The number of rotatable bonds is 4. The van der Waals surface area contributed by atoms with Gasteiger partial charge < -0.3 is 5.32 Å². The van der Waals surface area contributed by atoms with Crippen molar-refractivity contribution in [1.82, 2.24) is 15.1 Å². The molecule has 1 N–H and O–H groups in total. The second-order valence-corrected chi connectivity index (χ2v) is 4.21. The number of aromatic nitrogens is 2. The van der Waals surface area contributed by atoms with Crippen LogP contribution in [0.3, 0.4) is 0 Å². The van der Waals surface area contributed by atoms with Gasteiger partial charge in [0.15, 0.2) is 0 Å². The quantitative estimate of drug-likeness (QED) is 0.817. The third-order valence-electron chi connectivity index (χ3n) is 2.49. The highest BCUT2D eigenvalue weighted by Crippen LogP contribution is 2.05. The Morgan fingerprint density at radius 3 is 2.73 bits per heavy atom. The lowest BCUT2D eigenvalue weighted by Gasteiger charge is -2.06. The minimum Gasteiger partial charge on any atom is -0.352 e. The molecular formula is C11H19N3O. The fraction of sp³-hybridized carbons (Fsp3) is 0.636. The van der Waals surface area contributed by atoms with Gasteiger partial charge in [-0.2, -0.15) is 5.10 Å². The molecule has 0 aliphatic rings. The van der Waals surface area contributed by atoms with E-state index in [9.17, 15) is 4.79 Å². The molecule has 0 fully saturated rings. The molecule has 0 saturated carbocycles. The Hall–Kier alpha value is -1.32. The standard InChI is InChI=1S/C11H19N3O/c1-8(2)5-6-12-11(15)10-7-13-14(4)9(10)3/h7-8H,5-6H2,1-4H3,(H,12,15). The Bertz CT molecular complexity index is 342. The summed E-state index contributed by atoms with van der Waals surface area (Å²) in [5, 5.41) is 6.93. The number of nitrogens with zero attached hydrogens (tertiary/aromatic N) is 2. The summed E-state index contributed by atoms with van der Waals surface area (Å²) in [4.78, 5) is 11.7. The molecule has 15 heavy (non-hydrogen) atoms. The topological polar surface area (TPSA) is 46.9 Å². The van der Waals surface area contributed by atoms with Gasteiger partial charge in [0.05, 0.1) is 11.8 Å². The van der Waals surface area contributed by atoms with E-state index in [-0.39, 0.29) is 5.91 Å². The molecule has 1 heterocycles. The number of carbonyl (C=O) groups excluding carboxylic acids is 1. The van der Waals surface area contributed by atoms with E-state index in [0.717, 1.165) is 18.7 Å². The SMILES string of the molecule is Cc1c(C(=O)NCCC(C)C)cnn1C. The van der Waals surface area contributed by atoms with Crippen LogP contribution >= 0.6 is 0 Å². The van der Waals surface area contributed by atoms with Crippen LogP contribution < -0.4 is 5.32 Å². The van der Waals surface area contributed by atoms with Crippen LogP contribution in [0.4, 0.5) is 0 Å². The predicted molar refractivity (Wildman–Crippen MR) is 59.7 cm³/mol. The molecule has 1 rings (SSSR count). The van der Waals surface area contributed by atoms with Crippen molar-refractivity contribution in [1.29, 1.82) is 0 Å². The average Bonchev–Trinajstić information content (AvgIpc) is 2.47. The van der Waals surface area contributed by atoms with Gasteiger partial charge in [-0.3, -0.25) is 9.48 Å². The van der Waals surface area contributed by atoms with E-state index in [4.69, 9.17) is 0 Å². The van der Waals surface area contributed by atoms with Crippen LogP contribution in [0.5, 0.6) is 0 Å². The largest absolute Gasteiger partial charge is 0.352 e. The summed E-state index contributed by atoms with van der Waals surface area (Å²) in [7, 11) is 1.83. The molecule has 0 aliphatic heterocycles. The molecule has 1 aromatic rings. The number of carbonyl (C=O) groups is 1. The zero-order chi connectivity index (χ0) is 11.4. The molecule has 1 aromatic heterocycles. The van der Waals surface area contributed by atoms with Crippen LogP contribution in [0.1, 0.15) is 36.3 Å². The summed E-state index contributed by atoms with van der Waals surface area (Å²) in [5.41, 5.74) is 1.57. The highest BCUT2D eigenvalue weighted by molar-refractivity contribution is 5.94. The third kappa shape index (κ3) is 3.08. The van der Waals surface area contributed by atoms with E-state index in [1.165, 1.54) is 0 Å². The molecule has 84 valence electrons. The van der Waals surface area contributed by atoms with E-state index in [2.05, 4.69) is 24.3 Å². The Balaban J connectivity index is 2.51. The maximum atomic E-state index is 11.7. The summed E-state index contributed by atoms with van der Waals surface area (Å²) in [5.74, 6) is 0.585. The zero-order valence-corrected chi connectivity index (χ0v) is 9.87. The Morgan fingerprint density at radius 2 is 2.27 bits per heavy atom. The number of hydrogen-bond acceptors (Lipinski definition) is 2. The van der Waals surface area contributed by atoms with E-state index in [0.29, 0.717) is 11.5 Å². The molecule has 1 amide bonds. The van der Waals surface area contributed by atoms with Crippen molar-refractivity contribution in [2.24, 2.45) is 13.0 Å². The molecule has 0 unspecified atom stereocenters. The lowest BCUT2D eigenvalue weighted by Crippen LogP contribution is -2.25. The van der Waals surface area contributed by atoms with Gasteiger partial charge in [0.2, 0.25) is 0 Å². The summed E-state index contributed by atoms with van der Waals surface area (Å²) in [6.07, 6.45) is 2.62. The van der Waals surface area contributed by atoms with Gasteiger partial charge in [-0.05, 0) is 19.3 Å². The van der Waals surface area contributed by atoms with Gasteiger partial charge in [-0.15, -0.1) is 0 Å². The number of amides is 1. The van der Waals surface area contributed by atoms with Crippen molar-refractivity contribution in [3.8, 4) is 0 Å². The van der Waals surface area contributed by atoms with Crippen LogP contribution in [0, 0.1) is 12.8 Å². The van der Waals surface area contributed by atoms with Gasteiger partial charge in [-0.1, -0.05) is 13.8 Å². The van der Waals surface area contributed by atoms with Crippen LogP contribution in [0.25, 0.3) is 0 Å². The summed E-state index contributed by atoms with van der Waals surface area (Å²) in [6.45, 7) is 6.90. The minimum absolute atomic E-state index is 0.0266. The summed E-state index contributed by atoms with van der Waals surface area (Å²) < 4.78 is 1.71. The van der Waals surface area contributed by atoms with Crippen LogP contribution in [-0.4, -0.2) is 22.2 Å². The number of aryl methyl sites for hydroxylation is 1. The molecule has 0 aliphatic carbocycles. The molecule has 4 heteroatoms. The molecule has 0 saturated heterocycles. The van der Waals surface area contributed by atoms with Gasteiger partial charge in [0.25, 0.3) is 5.91 Å². The monoisotopic (exact) mass is 209 g/mol. The normalized spacial score (nSPS) is 10.7. The average molecular weight is 209 g/mol. The maximum absolute atomic E-state index is 11.7. The first kappa shape index (κ1) is 11.8. The van der Waals surface area contributed by atoms with E-state index in [1.54, 1.807) is 10.9 Å². The minimum atomic E-state index is -0.0266. The molecule has 0 atom stereocenters. The van der Waals surface area contributed by atoms with Crippen LogP contribution in [-0.2, 0) is 7.05 Å². The molecular weight excluding hydrogens is 190 g/mol. The lowest BCUT2D eigenvalue weighted by molar-refractivity contribution is 0.0951. The smallest absolute Gasteiger partial charge is 0.254 e. The fourth-order valence-electron chi connectivity index (χ4n) is 1.29. The van der Waals surface area contributed by atoms with Crippen molar-refractivity contribution in [3.63, 3.8) is 0 Å². The van der Waals surface area contributed by atoms with Crippen LogP contribution in [0.15, 0.2) is 6.20 Å². The summed E-state index contributed by atoms with van der Waals surface area (Å²) >= 11 is 0. The molecule has 0 aromatic carbocycles. The molecule has 0 bridgehead atoms. The van der Waals surface area contributed by atoms with Gasteiger partial charge in [0.1, 0.15) is 0 Å². The van der Waals surface area contributed by atoms with Crippen LogP contribution in [0.2, 0.25) is 0 Å². The summed E-state index contributed by atoms with van der Waals surface area (Å²) in [6, 6.07) is 0. The number of nitrogens with one attached hydrogen (secondary N) is 1. The first-order valence-corrected chi connectivity index (χ1v) is 5.29. The van der Waals surface area contributed by atoms with E-state index >= 15 is 0 Å². The maximum Gasteiger partial charge on any atom is 0.254 e. The van der Waals surface area contributed by atoms with Gasteiger partial charge >= 0.3 is 0 Å². The highest BCUT2D eigenvalue weighted by atomic mass is 16.1. The lowest BCUT2D eigenvalue weighted by atomic mass is 10.1. The Morgan fingerprint density at radius 1 is 1.60 bits per heavy atom. The van der Waals surface area contributed by atoms with Crippen molar-refractivity contribution in [2.45, 2.75) is 27.2 Å². The fourth-order valence-corrected chi connectivity index (χ4v) is 1.29. The predicted octanol–water partition coefficient (Wildman–Crippen LogP) is 1.50. The second-order valence-electron chi connectivity index (χ2n) is 4.21. The third-order valence-corrected chi connectivity index (χ3v) is 2.49. The Labute approximate surface area is 90.7 Å². The highest BCUT2D eigenvalue weighted by Gasteiger charge is 2.11. The second kappa shape index (κ2) is 4.96. The zero-order valence-electron chi connectivity index (χ0n) is 9.87. The molecule has 0 radical (unpaired) electrons. The number of hydrogen-bond donors (Lipinski definition) is 1. The van der Waals surface area contributed by atoms with Crippen molar-refractivity contribution in [2.75, 3.05) is 6.54 Å². The van der Waals surface area contributed by atoms with Crippen molar-refractivity contribution in [3.05, 3.63) is 17.5 Å². The first-order valence-electron chi connectivity index (χ1n) is 5.29. The Kier molecular flexibility index (Phi) is 3.88. The van der Waals surface area contributed by atoms with Gasteiger partial charge in [-0.25, -0.2) is 0 Å². The van der Waals surface area contributed by atoms with Gasteiger partial charge in [0, 0.05) is 19.3 Å². The first-order chi connectivity index (χ1) is 7.02. The molecule has 0 spiro atoms.